The van der Waals surface area contributed by atoms with Gasteiger partial charge in [0, 0.05) is 12.0 Å². The number of halogens is 3. The maximum Gasteiger partial charge on any atom is 0.330 e. The van der Waals surface area contributed by atoms with Crippen molar-refractivity contribution in [2.75, 3.05) is 6.61 Å². The molecular weight excluding hydrogens is 604 g/mol. The largest absolute Gasteiger partial charge is 0.456 e. The molecule has 8 rings (SSSR count). The molecule has 4 aromatic rings. The molecule has 0 unspecified atom stereocenters. The zero-order chi connectivity index (χ0) is 30.8. The third-order valence-electron chi connectivity index (χ3n) is 8.99. The number of imide groups is 1. The van der Waals surface area contributed by atoms with Gasteiger partial charge in [0.25, 0.3) is 0 Å². The SMILES string of the molecule is O=C(COC(=O)[C@H](Cc1ccccc1)N1C(=O)[C@@H]2[C@H](C1=O)C1(Cl)c3ccccc3C2(Cl)c2ccccc21)c1ccc(F)cc1. The fraction of sp³-hybridized carbons (Fsp3) is 0.200. The minimum absolute atomic E-state index is 0.0498. The summed E-state index contributed by atoms with van der Waals surface area (Å²) in [5.74, 6) is -5.45. The van der Waals surface area contributed by atoms with E-state index in [0.29, 0.717) is 27.8 Å². The van der Waals surface area contributed by atoms with Crippen molar-refractivity contribution in [2.45, 2.75) is 22.2 Å². The van der Waals surface area contributed by atoms with Crippen molar-refractivity contribution in [1.29, 1.82) is 0 Å². The van der Waals surface area contributed by atoms with Gasteiger partial charge in [-0.1, -0.05) is 78.9 Å². The number of hydrogen-bond donors (Lipinski definition) is 0. The Hall–Kier alpha value is -4.33. The maximum absolute atomic E-state index is 14.5. The maximum atomic E-state index is 14.5. The summed E-state index contributed by atoms with van der Waals surface area (Å²) in [6, 6.07) is 26.9. The van der Waals surface area contributed by atoms with E-state index in [0.717, 1.165) is 17.0 Å². The van der Waals surface area contributed by atoms with Crippen molar-refractivity contribution in [3.63, 3.8) is 0 Å². The quantitative estimate of drug-likeness (QED) is 0.113. The highest BCUT2D eigenvalue weighted by molar-refractivity contribution is 6.36. The molecule has 44 heavy (non-hydrogen) atoms. The fourth-order valence-corrected chi connectivity index (χ4v) is 8.16. The van der Waals surface area contributed by atoms with E-state index in [9.17, 15) is 23.6 Å². The summed E-state index contributed by atoms with van der Waals surface area (Å²) < 4.78 is 18.8. The van der Waals surface area contributed by atoms with Gasteiger partial charge in [0.15, 0.2) is 12.4 Å². The van der Waals surface area contributed by atoms with Gasteiger partial charge in [-0.15, -0.1) is 23.2 Å². The molecule has 0 saturated carbocycles. The Morgan fingerprint density at radius 3 is 1.66 bits per heavy atom. The molecule has 6 nitrogen and oxygen atoms in total. The number of ether oxygens (including phenoxy) is 1. The molecule has 1 fully saturated rings. The molecule has 0 N–H and O–H groups in total. The van der Waals surface area contributed by atoms with Crippen LogP contribution in [0.3, 0.4) is 0 Å². The van der Waals surface area contributed by atoms with Gasteiger partial charge < -0.3 is 4.74 Å². The predicted molar refractivity (Wildman–Crippen MR) is 161 cm³/mol. The van der Waals surface area contributed by atoms with Gasteiger partial charge in [0.05, 0.1) is 11.8 Å². The zero-order valence-corrected chi connectivity index (χ0v) is 24.6. The minimum atomic E-state index is -1.41. The highest BCUT2D eigenvalue weighted by Crippen LogP contribution is 2.69. The summed E-state index contributed by atoms with van der Waals surface area (Å²) in [7, 11) is 0. The number of rotatable bonds is 7. The van der Waals surface area contributed by atoms with E-state index in [1.54, 1.807) is 30.3 Å². The third kappa shape index (κ3) is 3.99. The van der Waals surface area contributed by atoms with Gasteiger partial charge in [0.1, 0.15) is 21.6 Å². The van der Waals surface area contributed by atoms with Crippen LogP contribution in [0.5, 0.6) is 0 Å². The Kier molecular flexibility index (Phi) is 6.72. The van der Waals surface area contributed by atoms with Crippen molar-refractivity contribution in [2.24, 2.45) is 11.8 Å². The first-order valence-electron chi connectivity index (χ1n) is 14.1. The van der Waals surface area contributed by atoms with Crippen LogP contribution in [0.15, 0.2) is 103 Å². The molecule has 1 heterocycles. The van der Waals surface area contributed by atoms with E-state index in [-0.39, 0.29) is 12.0 Å². The topological polar surface area (TPSA) is 80.8 Å². The fourth-order valence-electron chi connectivity index (χ4n) is 7.07. The molecule has 1 saturated heterocycles. The highest BCUT2D eigenvalue weighted by Gasteiger charge is 2.73. The van der Waals surface area contributed by atoms with Crippen LogP contribution in [0, 0.1) is 17.7 Å². The second-order valence-corrected chi connectivity index (χ2v) is 12.5. The molecule has 1 aliphatic heterocycles. The lowest BCUT2D eigenvalue weighted by Gasteiger charge is -2.54. The summed E-state index contributed by atoms with van der Waals surface area (Å²) in [5.41, 5.74) is 3.40. The van der Waals surface area contributed by atoms with E-state index >= 15 is 0 Å². The molecule has 0 spiro atoms. The van der Waals surface area contributed by atoms with Crippen LogP contribution in [0.4, 0.5) is 4.39 Å². The van der Waals surface area contributed by atoms with E-state index in [2.05, 4.69) is 0 Å². The first-order valence-corrected chi connectivity index (χ1v) is 14.9. The average Bonchev–Trinajstić information content (AvgIpc) is 3.32. The number of alkyl halides is 2. The molecule has 2 bridgehead atoms. The van der Waals surface area contributed by atoms with Crippen LogP contribution >= 0.6 is 23.2 Å². The van der Waals surface area contributed by atoms with Crippen molar-refractivity contribution in [3.05, 3.63) is 142 Å². The molecule has 0 aromatic heterocycles. The number of ketones is 1. The molecule has 3 atom stereocenters. The Labute approximate surface area is 262 Å². The lowest BCUT2D eigenvalue weighted by Crippen LogP contribution is -2.57. The Morgan fingerprint density at radius 2 is 1.18 bits per heavy atom. The van der Waals surface area contributed by atoms with Crippen LogP contribution in [-0.4, -0.2) is 41.1 Å². The van der Waals surface area contributed by atoms with Gasteiger partial charge in [-0.05, 0) is 52.1 Å². The number of nitrogens with zero attached hydrogens (tertiary/aromatic N) is 1. The number of amides is 2. The molecule has 3 aliphatic carbocycles. The van der Waals surface area contributed by atoms with Gasteiger partial charge in [-0.3, -0.25) is 19.3 Å². The van der Waals surface area contributed by atoms with E-state index < -0.39 is 63.6 Å². The number of esters is 1. The van der Waals surface area contributed by atoms with Crippen molar-refractivity contribution < 1.29 is 28.3 Å². The van der Waals surface area contributed by atoms with Crippen LogP contribution < -0.4 is 0 Å². The van der Waals surface area contributed by atoms with Gasteiger partial charge >= 0.3 is 5.97 Å². The molecule has 9 heteroatoms. The number of carbonyl (C=O) groups excluding carboxylic acids is 4. The van der Waals surface area contributed by atoms with Crippen LogP contribution in [-0.2, 0) is 35.3 Å². The predicted octanol–water partition coefficient (Wildman–Crippen LogP) is 5.76. The summed E-state index contributed by atoms with van der Waals surface area (Å²) in [5, 5.41) is 0. The second kappa shape index (κ2) is 10.4. The number of Topliss-reactive ketones (excluding diaryl/α,β-unsaturated/α-hetero) is 1. The Morgan fingerprint density at radius 1 is 0.727 bits per heavy atom. The summed E-state index contributed by atoms with van der Waals surface area (Å²) >= 11 is 15.1. The van der Waals surface area contributed by atoms with E-state index in [4.69, 9.17) is 27.9 Å². The number of benzene rings is 4. The zero-order valence-electron chi connectivity index (χ0n) is 23.1. The van der Waals surface area contributed by atoms with E-state index in [1.165, 1.54) is 12.1 Å². The summed E-state index contributed by atoms with van der Waals surface area (Å²) in [4.78, 5) is 53.6. The normalized spacial score (nSPS) is 25.2. The summed E-state index contributed by atoms with van der Waals surface area (Å²) in [6.07, 6.45) is -0.0498. The average molecular weight is 628 g/mol. The standard InChI is InChI=1S/C35H24Cl2FNO5/c36-34-23-10-4-5-11-24(23)35(37,26-13-7-6-12-25(26)34)30-29(34)31(41)39(32(30)42)27(18-20-8-2-1-3-9-20)33(43)44-19-28(40)21-14-16-22(38)17-15-21/h1-17,27,29-30H,18-19H2/t27-,29-,30+,34?,35?/m0/s1. The number of carbonyl (C=O) groups is 4. The van der Waals surface area contributed by atoms with Crippen molar-refractivity contribution in [3.8, 4) is 0 Å². The van der Waals surface area contributed by atoms with Crippen LogP contribution in [0.2, 0.25) is 0 Å². The number of hydrogen-bond acceptors (Lipinski definition) is 5. The van der Waals surface area contributed by atoms with Gasteiger partial charge in [-0.25, -0.2) is 9.18 Å². The second-order valence-electron chi connectivity index (χ2n) is 11.3. The Bertz CT molecular complexity index is 1720. The molecule has 4 aromatic carbocycles. The highest BCUT2D eigenvalue weighted by atomic mass is 35.5. The Balaban J connectivity index is 1.28. The first kappa shape index (κ1) is 28.4. The van der Waals surface area contributed by atoms with Crippen LogP contribution in [0.25, 0.3) is 0 Å². The molecule has 0 radical (unpaired) electrons. The van der Waals surface area contributed by atoms with Crippen LogP contribution in [0.1, 0.15) is 38.2 Å². The third-order valence-corrected chi connectivity index (χ3v) is 10.3. The van der Waals surface area contributed by atoms with Gasteiger partial charge in [-0.2, -0.15) is 0 Å². The molecule has 2 amide bonds. The van der Waals surface area contributed by atoms with E-state index in [1.807, 2.05) is 48.5 Å². The smallest absolute Gasteiger partial charge is 0.330 e. The lowest BCUT2D eigenvalue weighted by atomic mass is 9.54. The molecule has 4 aliphatic rings. The van der Waals surface area contributed by atoms with Gasteiger partial charge in [0.2, 0.25) is 11.8 Å². The monoisotopic (exact) mass is 627 g/mol. The number of likely N-dealkylation sites (tertiary alicyclic amines) is 1. The van der Waals surface area contributed by atoms with Crippen molar-refractivity contribution in [1.82, 2.24) is 4.90 Å². The van der Waals surface area contributed by atoms with Crippen molar-refractivity contribution >= 4 is 46.8 Å². The lowest BCUT2D eigenvalue weighted by molar-refractivity contribution is -0.158. The summed E-state index contributed by atoms with van der Waals surface area (Å²) in [6.45, 7) is -0.658. The minimum Gasteiger partial charge on any atom is -0.456 e. The molecular formula is C35H24Cl2FNO5. The molecule has 220 valence electrons. The first-order chi connectivity index (χ1) is 21.2.